The summed E-state index contributed by atoms with van der Waals surface area (Å²) in [6.07, 6.45) is 0.403. The Labute approximate surface area is 223 Å². The minimum absolute atomic E-state index is 0.171. The quantitative estimate of drug-likeness (QED) is 0.380. The van der Waals surface area contributed by atoms with Gasteiger partial charge >= 0.3 is 6.18 Å². The lowest BCUT2D eigenvalue weighted by Crippen LogP contribution is -2.56. The van der Waals surface area contributed by atoms with Gasteiger partial charge in [-0.3, -0.25) is 0 Å². The Kier molecular flexibility index (Phi) is 8.12. The molecule has 1 atom stereocenters. The molecule has 210 valence electrons. The molecule has 7 nitrogen and oxygen atoms in total. The first-order chi connectivity index (χ1) is 18.3. The molecule has 3 aromatic rings. The molecule has 0 amide bonds. The van der Waals surface area contributed by atoms with Crippen LogP contribution in [0.15, 0.2) is 59.8 Å². The molecule has 0 radical (unpaired) electrons. The first kappa shape index (κ1) is 28.7. The lowest BCUT2D eigenvalue weighted by Gasteiger charge is -2.48. The number of rotatable bonds is 8. The number of sulfonamides is 1. The summed E-state index contributed by atoms with van der Waals surface area (Å²) in [7, 11) is -0.914. The average molecular weight is 570 g/mol. The summed E-state index contributed by atoms with van der Waals surface area (Å²) >= 11 is 0. The van der Waals surface area contributed by atoms with E-state index in [0.717, 1.165) is 30.7 Å². The molecule has 2 aromatic carbocycles. The minimum Gasteiger partial charge on any atom is -0.370 e. The predicted octanol–water partition coefficient (Wildman–Crippen LogP) is 5.11. The van der Waals surface area contributed by atoms with Gasteiger partial charge in [0.05, 0.1) is 5.56 Å². The van der Waals surface area contributed by atoms with Crippen molar-refractivity contribution < 1.29 is 30.4 Å². The van der Waals surface area contributed by atoms with Gasteiger partial charge in [0.25, 0.3) is 10.0 Å². The molecule has 0 spiro atoms. The fourth-order valence-electron chi connectivity index (χ4n) is 4.91. The van der Waals surface area contributed by atoms with Gasteiger partial charge in [-0.15, -0.1) is 0 Å². The van der Waals surface area contributed by atoms with Crippen LogP contribution in [0.25, 0.3) is 0 Å². The highest BCUT2D eigenvalue weighted by Gasteiger charge is 2.38. The van der Waals surface area contributed by atoms with Crippen molar-refractivity contribution in [3.8, 4) is 0 Å². The molecule has 0 bridgehead atoms. The molecule has 2 heterocycles. The van der Waals surface area contributed by atoms with Crippen LogP contribution >= 0.6 is 0 Å². The zero-order chi connectivity index (χ0) is 28.4. The number of halogens is 5. The molecule has 0 aliphatic carbocycles. The number of piperidine rings is 1. The molecule has 1 saturated heterocycles. The van der Waals surface area contributed by atoms with Gasteiger partial charge in [-0.25, -0.2) is 31.9 Å². The second kappa shape index (κ2) is 11.0. The Morgan fingerprint density at radius 3 is 2.33 bits per heavy atom. The Hall–Kier alpha value is -3.32. The van der Waals surface area contributed by atoms with E-state index < -0.39 is 43.8 Å². The normalized spacial score (nSPS) is 18.4. The lowest BCUT2D eigenvalue weighted by molar-refractivity contribution is -0.137. The number of aryl methyl sites for hydroxylation is 1. The zero-order valence-electron chi connectivity index (χ0n) is 21.3. The Morgan fingerprint density at radius 2 is 1.72 bits per heavy atom. The maximum Gasteiger partial charge on any atom is 0.416 e. The summed E-state index contributed by atoms with van der Waals surface area (Å²) < 4.78 is 97.0. The van der Waals surface area contributed by atoms with Gasteiger partial charge in [-0.2, -0.15) is 13.2 Å². The van der Waals surface area contributed by atoms with Crippen LogP contribution in [0.4, 0.5) is 33.6 Å². The van der Waals surface area contributed by atoms with Crippen molar-refractivity contribution in [3.05, 3.63) is 77.6 Å². The molecule has 0 unspecified atom stereocenters. The maximum atomic E-state index is 15.1. The number of anilines is 2. The van der Waals surface area contributed by atoms with Crippen molar-refractivity contribution in [2.45, 2.75) is 42.3 Å². The molecular formula is C26H28F5N5O2S. The standard InChI is InChI=1S/C26H28F5N5O2S/c1-35(2)25(10-8-18-6-3-7-19(14-18)26(29,30)31)9-4-13-36(17-25)20-15-21(27)23(22(28)16-20)39(37,38)34-24-32-11-5-12-33-24/h3,5-7,11-12,14-16H,4,8-10,13,17H2,1-2H3,(H,32,33,34)/t25-/m1/s1. The number of hydrogen-bond acceptors (Lipinski definition) is 6. The van der Waals surface area contributed by atoms with Gasteiger partial charge < -0.3 is 9.80 Å². The number of aromatic nitrogens is 2. The van der Waals surface area contributed by atoms with E-state index in [1.165, 1.54) is 24.5 Å². The van der Waals surface area contributed by atoms with Crippen molar-refractivity contribution in [2.75, 3.05) is 36.8 Å². The van der Waals surface area contributed by atoms with E-state index >= 15 is 8.78 Å². The van der Waals surface area contributed by atoms with Crippen LogP contribution in [0.2, 0.25) is 0 Å². The Balaban J connectivity index is 1.56. The summed E-state index contributed by atoms with van der Waals surface area (Å²) in [6, 6.07) is 8.61. The largest absolute Gasteiger partial charge is 0.416 e. The fraction of sp³-hybridized carbons (Fsp3) is 0.385. The molecule has 1 aliphatic heterocycles. The summed E-state index contributed by atoms with van der Waals surface area (Å²) in [5.41, 5.74) is -0.482. The van der Waals surface area contributed by atoms with Crippen molar-refractivity contribution >= 4 is 21.7 Å². The van der Waals surface area contributed by atoms with Gasteiger partial charge in [0.1, 0.15) is 11.6 Å². The second-order valence-corrected chi connectivity index (χ2v) is 11.4. The van der Waals surface area contributed by atoms with Crippen LogP contribution in [0.1, 0.15) is 30.4 Å². The first-order valence-electron chi connectivity index (χ1n) is 12.2. The topological polar surface area (TPSA) is 78.4 Å². The monoisotopic (exact) mass is 569 g/mol. The Morgan fingerprint density at radius 1 is 1.05 bits per heavy atom. The third-order valence-corrected chi connectivity index (χ3v) is 8.42. The number of benzene rings is 2. The van der Waals surface area contributed by atoms with Gasteiger partial charge in [0, 0.05) is 36.7 Å². The van der Waals surface area contributed by atoms with Gasteiger partial charge in [0.15, 0.2) is 4.90 Å². The molecule has 39 heavy (non-hydrogen) atoms. The van der Waals surface area contributed by atoms with Crippen molar-refractivity contribution in [1.29, 1.82) is 0 Å². The van der Waals surface area contributed by atoms with E-state index in [2.05, 4.69) is 9.97 Å². The summed E-state index contributed by atoms with van der Waals surface area (Å²) in [4.78, 5) is 10.0. The van der Waals surface area contributed by atoms with Crippen LogP contribution in [0.5, 0.6) is 0 Å². The molecule has 1 N–H and O–H groups in total. The molecule has 13 heteroatoms. The van der Waals surface area contributed by atoms with Gasteiger partial charge in [-0.1, -0.05) is 18.2 Å². The Bertz CT molecular complexity index is 1400. The molecule has 1 fully saturated rings. The van der Waals surface area contributed by atoms with Crippen molar-refractivity contribution in [3.63, 3.8) is 0 Å². The van der Waals surface area contributed by atoms with E-state index in [9.17, 15) is 21.6 Å². The van der Waals surface area contributed by atoms with E-state index in [4.69, 9.17) is 0 Å². The van der Waals surface area contributed by atoms with Crippen LogP contribution in [-0.4, -0.2) is 56.0 Å². The van der Waals surface area contributed by atoms with Crippen LogP contribution in [-0.2, 0) is 22.6 Å². The highest BCUT2D eigenvalue weighted by molar-refractivity contribution is 7.92. The molecule has 0 saturated carbocycles. The lowest BCUT2D eigenvalue weighted by atomic mass is 9.82. The third kappa shape index (κ3) is 6.47. The van der Waals surface area contributed by atoms with Gasteiger partial charge in [0.2, 0.25) is 5.95 Å². The number of nitrogens with zero attached hydrogens (tertiary/aromatic N) is 4. The average Bonchev–Trinajstić information content (AvgIpc) is 2.87. The smallest absolute Gasteiger partial charge is 0.370 e. The molecule has 1 aromatic heterocycles. The number of likely N-dealkylation sites (N-methyl/N-ethyl adjacent to an activating group) is 1. The SMILES string of the molecule is CN(C)[C@@]1(CCc2cccc(C(F)(F)F)c2)CCCN(c2cc(F)c(S(=O)(=O)Nc3ncccn3)c(F)c2)C1. The minimum atomic E-state index is -4.64. The van der Waals surface area contributed by atoms with E-state index in [0.29, 0.717) is 37.9 Å². The predicted molar refractivity (Wildman–Crippen MR) is 137 cm³/mol. The molecule has 1 aliphatic rings. The zero-order valence-corrected chi connectivity index (χ0v) is 22.2. The van der Waals surface area contributed by atoms with Crippen LogP contribution < -0.4 is 9.62 Å². The number of nitrogens with one attached hydrogen (secondary N) is 1. The second-order valence-electron chi connectivity index (χ2n) is 9.76. The summed E-state index contributed by atoms with van der Waals surface area (Å²) in [5.74, 6) is -2.86. The highest BCUT2D eigenvalue weighted by atomic mass is 32.2. The molecule has 4 rings (SSSR count). The van der Waals surface area contributed by atoms with Crippen LogP contribution in [0.3, 0.4) is 0 Å². The first-order valence-corrected chi connectivity index (χ1v) is 13.7. The van der Waals surface area contributed by atoms with E-state index in [-0.39, 0.29) is 11.6 Å². The third-order valence-electron chi connectivity index (χ3n) is 7.05. The van der Waals surface area contributed by atoms with E-state index in [1.807, 2.05) is 23.7 Å². The van der Waals surface area contributed by atoms with Crippen molar-refractivity contribution in [2.24, 2.45) is 0 Å². The maximum absolute atomic E-state index is 15.1. The summed E-state index contributed by atoms with van der Waals surface area (Å²) in [5, 5.41) is 0. The number of hydrogen-bond donors (Lipinski definition) is 1. The van der Waals surface area contributed by atoms with Crippen LogP contribution in [0, 0.1) is 11.6 Å². The van der Waals surface area contributed by atoms with E-state index in [1.54, 1.807) is 11.0 Å². The highest BCUT2D eigenvalue weighted by Crippen LogP contribution is 2.36. The van der Waals surface area contributed by atoms with Gasteiger partial charge in [-0.05, 0) is 69.6 Å². The molecular weight excluding hydrogens is 541 g/mol. The fourth-order valence-corrected chi connectivity index (χ4v) is 5.99. The summed E-state index contributed by atoms with van der Waals surface area (Å²) in [6.45, 7) is 0.820. The van der Waals surface area contributed by atoms with Crippen molar-refractivity contribution in [1.82, 2.24) is 14.9 Å². The number of alkyl halides is 3.